The largest absolute Gasteiger partial charge is 0.381 e. The predicted molar refractivity (Wildman–Crippen MR) is 138 cm³/mol. The van der Waals surface area contributed by atoms with Crippen molar-refractivity contribution in [2.75, 3.05) is 50.2 Å². The van der Waals surface area contributed by atoms with E-state index in [0.29, 0.717) is 17.9 Å². The lowest BCUT2D eigenvalue weighted by atomic mass is 10.0. The summed E-state index contributed by atoms with van der Waals surface area (Å²) in [5.41, 5.74) is 4.39. The van der Waals surface area contributed by atoms with Gasteiger partial charge in [-0.3, -0.25) is 4.79 Å². The maximum atomic E-state index is 12.6. The summed E-state index contributed by atoms with van der Waals surface area (Å²) in [7, 11) is 0. The summed E-state index contributed by atoms with van der Waals surface area (Å²) in [5.74, 6) is 2.84. The number of aryl methyl sites for hydroxylation is 1. The molecule has 2 saturated heterocycles. The van der Waals surface area contributed by atoms with E-state index in [1.807, 2.05) is 35.8 Å². The summed E-state index contributed by atoms with van der Waals surface area (Å²) in [6.45, 7) is 6.93. The fraction of sp³-hybridized carbons (Fsp3) is 0.519. The van der Waals surface area contributed by atoms with Gasteiger partial charge in [0.05, 0.1) is 19.4 Å². The number of nitrogens with one attached hydrogen (secondary N) is 3. The van der Waals surface area contributed by atoms with E-state index in [9.17, 15) is 4.79 Å². The number of carbonyl (C=O) groups excluding carboxylic acids is 1. The highest BCUT2D eigenvalue weighted by atomic mass is 16.5. The summed E-state index contributed by atoms with van der Waals surface area (Å²) in [6.07, 6.45) is 6.15. The van der Waals surface area contributed by atoms with Crippen LogP contribution in [0, 0.1) is 18.8 Å². The Kier molecular flexibility index (Phi) is 6.50. The Labute approximate surface area is 211 Å². The summed E-state index contributed by atoms with van der Waals surface area (Å²) < 4.78 is 12.7. The van der Waals surface area contributed by atoms with Crippen molar-refractivity contribution in [2.45, 2.75) is 38.6 Å². The number of hydrogen-bond acceptors (Lipinski definition) is 7. The molecule has 4 heterocycles. The highest BCUT2D eigenvalue weighted by Crippen LogP contribution is 2.30. The molecule has 36 heavy (non-hydrogen) atoms. The van der Waals surface area contributed by atoms with E-state index >= 15 is 0 Å². The minimum atomic E-state index is 0.00518. The first-order valence-electron chi connectivity index (χ1n) is 13.1. The Morgan fingerprint density at radius 1 is 1.03 bits per heavy atom. The lowest BCUT2D eigenvalue weighted by Gasteiger charge is -2.26. The van der Waals surface area contributed by atoms with Crippen LogP contribution in [0.15, 0.2) is 30.5 Å². The van der Waals surface area contributed by atoms with Crippen molar-refractivity contribution in [1.29, 1.82) is 0 Å². The van der Waals surface area contributed by atoms with Gasteiger partial charge in [-0.15, -0.1) is 0 Å². The number of rotatable bonds is 9. The van der Waals surface area contributed by atoms with E-state index in [1.54, 1.807) is 0 Å². The molecule has 6 rings (SSSR count). The normalized spacial score (nSPS) is 18.7. The molecule has 190 valence electrons. The molecule has 3 aliphatic rings. The molecule has 0 unspecified atom stereocenters. The number of anilines is 2. The molecule has 9 nitrogen and oxygen atoms in total. The van der Waals surface area contributed by atoms with Crippen molar-refractivity contribution in [1.82, 2.24) is 19.9 Å². The third-order valence-electron chi connectivity index (χ3n) is 7.36. The molecule has 1 saturated carbocycles. The van der Waals surface area contributed by atoms with E-state index in [0.717, 1.165) is 105 Å². The van der Waals surface area contributed by atoms with Gasteiger partial charge in [-0.1, -0.05) is 12.1 Å². The average Bonchev–Trinajstić information content (AvgIpc) is 3.57. The SMILES string of the molecule is Cc1cc(-c2cnn3c(NCC4CCOCC4)cc(NCC4COC4)nc23)ccc1C(=O)NC1CC1. The van der Waals surface area contributed by atoms with Crippen molar-refractivity contribution >= 4 is 23.2 Å². The van der Waals surface area contributed by atoms with Gasteiger partial charge in [-0.05, 0) is 55.7 Å². The molecule has 0 atom stereocenters. The van der Waals surface area contributed by atoms with Gasteiger partial charge in [0.25, 0.3) is 5.91 Å². The molecular weight excluding hydrogens is 456 g/mol. The number of nitrogens with zero attached hydrogens (tertiary/aromatic N) is 3. The molecule has 3 aromatic rings. The highest BCUT2D eigenvalue weighted by Gasteiger charge is 2.25. The molecule has 2 aromatic heterocycles. The quantitative estimate of drug-likeness (QED) is 0.422. The van der Waals surface area contributed by atoms with Gasteiger partial charge < -0.3 is 25.4 Å². The molecule has 1 aliphatic carbocycles. The summed E-state index contributed by atoms with van der Waals surface area (Å²) >= 11 is 0. The van der Waals surface area contributed by atoms with Crippen LogP contribution in [-0.4, -0.2) is 66.1 Å². The summed E-state index contributed by atoms with van der Waals surface area (Å²) in [5, 5.41) is 14.9. The zero-order valence-electron chi connectivity index (χ0n) is 20.8. The van der Waals surface area contributed by atoms with E-state index < -0.39 is 0 Å². The molecule has 3 fully saturated rings. The van der Waals surface area contributed by atoms with Gasteiger partial charge in [-0.25, -0.2) is 4.98 Å². The molecule has 1 amide bonds. The maximum Gasteiger partial charge on any atom is 0.251 e. The van der Waals surface area contributed by atoms with Gasteiger partial charge in [0, 0.05) is 55.5 Å². The van der Waals surface area contributed by atoms with Crippen LogP contribution in [-0.2, 0) is 9.47 Å². The molecule has 0 bridgehead atoms. The van der Waals surface area contributed by atoms with E-state index in [-0.39, 0.29) is 5.91 Å². The third-order valence-corrected chi connectivity index (χ3v) is 7.36. The van der Waals surface area contributed by atoms with Gasteiger partial charge >= 0.3 is 0 Å². The second-order valence-electron chi connectivity index (χ2n) is 10.3. The number of amides is 1. The lowest BCUT2D eigenvalue weighted by Crippen LogP contribution is -2.33. The smallest absolute Gasteiger partial charge is 0.251 e. The van der Waals surface area contributed by atoms with E-state index in [1.165, 1.54) is 0 Å². The monoisotopic (exact) mass is 490 g/mol. The fourth-order valence-corrected chi connectivity index (χ4v) is 4.81. The topological polar surface area (TPSA) is 102 Å². The molecule has 0 spiro atoms. The Hall–Kier alpha value is -3.17. The number of fused-ring (bicyclic) bond motifs is 1. The Morgan fingerprint density at radius 3 is 2.56 bits per heavy atom. The van der Waals surface area contributed by atoms with Crippen molar-refractivity contribution in [3.05, 3.63) is 41.6 Å². The highest BCUT2D eigenvalue weighted by molar-refractivity contribution is 5.97. The van der Waals surface area contributed by atoms with Gasteiger partial charge in [0.1, 0.15) is 11.6 Å². The molecular formula is C27H34N6O3. The Balaban J connectivity index is 1.29. The van der Waals surface area contributed by atoms with Crippen LogP contribution < -0.4 is 16.0 Å². The summed E-state index contributed by atoms with van der Waals surface area (Å²) in [6, 6.07) is 8.34. The van der Waals surface area contributed by atoms with Gasteiger partial charge in [-0.2, -0.15) is 9.61 Å². The zero-order valence-corrected chi connectivity index (χ0v) is 20.8. The van der Waals surface area contributed by atoms with Crippen LogP contribution >= 0.6 is 0 Å². The number of aromatic nitrogens is 3. The van der Waals surface area contributed by atoms with Gasteiger partial charge in [0.2, 0.25) is 0 Å². The van der Waals surface area contributed by atoms with Crippen molar-refractivity contribution in [3.63, 3.8) is 0 Å². The van der Waals surface area contributed by atoms with Crippen LogP contribution in [0.2, 0.25) is 0 Å². The van der Waals surface area contributed by atoms with Crippen LogP contribution in [0.4, 0.5) is 11.6 Å². The van der Waals surface area contributed by atoms with Crippen molar-refractivity contribution < 1.29 is 14.3 Å². The number of carbonyl (C=O) groups is 1. The first kappa shape index (κ1) is 23.2. The van der Waals surface area contributed by atoms with E-state index in [4.69, 9.17) is 19.6 Å². The summed E-state index contributed by atoms with van der Waals surface area (Å²) in [4.78, 5) is 17.5. The number of benzene rings is 1. The molecule has 2 aliphatic heterocycles. The number of hydrogen-bond donors (Lipinski definition) is 3. The van der Waals surface area contributed by atoms with Crippen LogP contribution in [0.3, 0.4) is 0 Å². The average molecular weight is 491 g/mol. The molecule has 0 radical (unpaired) electrons. The molecule has 3 N–H and O–H groups in total. The predicted octanol–water partition coefficient (Wildman–Crippen LogP) is 3.49. The van der Waals surface area contributed by atoms with Crippen LogP contribution in [0.1, 0.15) is 41.6 Å². The minimum absolute atomic E-state index is 0.00518. The van der Waals surface area contributed by atoms with E-state index in [2.05, 4.69) is 22.0 Å². The third kappa shape index (κ3) is 5.03. The standard InChI is InChI=1S/C27H34N6O3/c1-17-10-20(2-5-22(17)27(34)31-21-3-4-21)23-14-30-33-25(29-12-18-6-8-35-9-7-18)11-24(32-26(23)33)28-13-19-15-36-16-19/h2,5,10-11,14,18-19,21,29H,3-4,6-9,12-13,15-16H2,1H3,(H,28,32)(H,31,34). The Bertz CT molecular complexity index is 1240. The second kappa shape index (κ2) is 10.1. The second-order valence-corrected chi connectivity index (χ2v) is 10.3. The van der Waals surface area contributed by atoms with Gasteiger partial charge in [0.15, 0.2) is 5.65 Å². The Morgan fingerprint density at radius 2 is 1.83 bits per heavy atom. The minimum Gasteiger partial charge on any atom is -0.381 e. The van der Waals surface area contributed by atoms with Crippen molar-refractivity contribution in [2.24, 2.45) is 11.8 Å². The molecule has 1 aromatic carbocycles. The zero-order chi connectivity index (χ0) is 24.5. The number of ether oxygens (including phenoxy) is 2. The first-order chi connectivity index (χ1) is 17.6. The molecule has 9 heteroatoms. The first-order valence-corrected chi connectivity index (χ1v) is 13.1. The van der Waals surface area contributed by atoms with Crippen LogP contribution in [0.25, 0.3) is 16.8 Å². The maximum absolute atomic E-state index is 12.6. The lowest BCUT2D eigenvalue weighted by molar-refractivity contribution is -0.0248. The fourth-order valence-electron chi connectivity index (χ4n) is 4.81. The van der Waals surface area contributed by atoms with Crippen LogP contribution in [0.5, 0.6) is 0 Å². The van der Waals surface area contributed by atoms with Crippen molar-refractivity contribution in [3.8, 4) is 11.1 Å².